The minimum Gasteiger partial charge on any atom is -0.508 e. The Morgan fingerprint density at radius 1 is 0.550 bits per heavy atom. The summed E-state index contributed by atoms with van der Waals surface area (Å²) in [4.78, 5) is 157. The number of amides is 9. The molecule has 9 amide bonds. The van der Waals surface area contributed by atoms with Crippen LogP contribution in [-0.2, 0) is 70.4 Å². The van der Waals surface area contributed by atoms with E-state index in [1.165, 1.54) is 30.8 Å². The standard InChI is InChI=1S/C51H74N10O18S/c1-6-26(2)41(60-45(72)33(16-18-39(66)67)55-43(70)27(3)54-38(65)24-53-44(71)32(52)22-30-12-14-31(64)15-13-30)49(76)58-36(23-29-10-8-7-9-11-29)47(74)56-34(17-19-40(68)69)46(73)61-42(28(4)63)50(77)59-37(25-62)48(75)57-35(51(78)79)20-21-80-5/h7-15,26-28,32-37,41-42,62-64H,6,16-25,52H2,1-5H3,(H,53,71)(H,54,65)(H,55,70)(H,56,74)(H,57,75)(H,58,76)(H,59,77)(H,60,72)(H,61,73)(H,66,67)(H,68,69)(H,78,79)/t26-,27-,28+,32-,33-,34-,35-,36-,37-,41-,42-/m0/s1. The van der Waals surface area contributed by atoms with E-state index < -0.39 is 176 Å². The molecule has 0 heterocycles. The molecule has 0 unspecified atom stereocenters. The molecule has 0 aromatic heterocycles. The van der Waals surface area contributed by atoms with Crippen molar-refractivity contribution in [2.45, 2.75) is 140 Å². The first-order chi connectivity index (χ1) is 37.7. The number of phenols is 1. The minimum atomic E-state index is -1.92. The fourth-order valence-corrected chi connectivity index (χ4v) is 7.91. The molecule has 17 N–H and O–H groups in total. The van der Waals surface area contributed by atoms with Gasteiger partial charge in [0.25, 0.3) is 0 Å². The van der Waals surface area contributed by atoms with E-state index in [1.807, 2.05) is 0 Å². The summed E-state index contributed by atoms with van der Waals surface area (Å²) in [5, 5.41) is 79.7. The van der Waals surface area contributed by atoms with Gasteiger partial charge in [-0.2, -0.15) is 11.8 Å². The summed E-state index contributed by atoms with van der Waals surface area (Å²) >= 11 is 1.30. The molecular weight excluding hydrogens is 1070 g/mol. The molecule has 0 saturated carbocycles. The van der Waals surface area contributed by atoms with Crippen molar-refractivity contribution in [3.8, 4) is 5.75 Å². The van der Waals surface area contributed by atoms with Crippen LogP contribution in [0.15, 0.2) is 54.6 Å². The van der Waals surface area contributed by atoms with Crippen molar-refractivity contribution in [3.05, 3.63) is 65.7 Å². The molecule has 2 aromatic rings. The van der Waals surface area contributed by atoms with E-state index in [4.69, 9.17) is 5.73 Å². The van der Waals surface area contributed by atoms with Gasteiger partial charge in [0.2, 0.25) is 53.2 Å². The summed E-state index contributed by atoms with van der Waals surface area (Å²) in [5.41, 5.74) is 7.05. The number of thioether (sulfide) groups is 1. The zero-order chi connectivity index (χ0) is 60.2. The zero-order valence-electron chi connectivity index (χ0n) is 44.9. The molecule has 29 heteroatoms. The van der Waals surface area contributed by atoms with Crippen molar-refractivity contribution in [3.63, 3.8) is 0 Å². The molecule has 0 fully saturated rings. The topological polar surface area (TPSA) is 461 Å². The van der Waals surface area contributed by atoms with E-state index in [9.17, 15) is 88.2 Å². The normalized spacial score (nSPS) is 15.1. The highest BCUT2D eigenvalue weighted by atomic mass is 32.2. The predicted octanol–water partition coefficient (Wildman–Crippen LogP) is -3.49. The number of nitrogens with one attached hydrogen (secondary N) is 9. The molecule has 28 nitrogen and oxygen atoms in total. The number of nitrogens with two attached hydrogens (primary N) is 1. The molecule has 2 rings (SSSR count). The molecule has 11 atom stereocenters. The Balaban J connectivity index is 2.34. The van der Waals surface area contributed by atoms with Gasteiger partial charge in [0.1, 0.15) is 54.1 Å². The van der Waals surface area contributed by atoms with Crippen LogP contribution in [0.25, 0.3) is 0 Å². The number of rotatable bonds is 36. The first kappa shape index (κ1) is 68.2. The SMILES string of the molecule is CC[C@H](C)[C@H](NC(=O)[C@H](CCC(=O)O)NC(=O)[C@H](C)NC(=O)CNC(=O)[C@@H](N)Cc1ccc(O)cc1)C(=O)N[C@@H](Cc1ccccc1)C(=O)N[C@@H](CCC(=O)O)C(=O)N[C@H](C(=O)N[C@@H](CO)C(=O)N[C@@H](CCSC)C(=O)O)[C@@H](C)O. The second-order valence-corrected chi connectivity index (χ2v) is 19.7. The molecule has 442 valence electrons. The van der Waals surface area contributed by atoms with Crippen molar-refractivity contribution in [1.29, 1.82) is 0 Å². The van der Waals surface area contributed by atoms with Crippen LogP contribution < -0.4 is 53.6 Å². The second-order valence-electron chi connectivity index (χ2n) is 18.7. The number of aliphatic carboxylic acids is 3. The van der Waals surface area contributed by atoms with Crippen LogP contribution in [-0.4, -0.2) is 187 Å². The lowest BCUT2D eigenvalue weighted by atomic mass is 9.96. The number of carboxylic acid groups (broad SMARTS) is 3. The molecule has 0 spiro atoms. The van der Waals surface area contributed by atoms with Gasteiger partial charge in [-0.05, 0) is 80.7 Å². The molecule has 2 aromatic carbocycles. The Labute approximate surface area is 465 Å². The number of benzene rings is 2. The van der Waals surface area contributed by atoms with Crippen molar-refractivity contribution in [1.82, 2.24) is 47.9 Å². The number of hydrogen-bond donors (Lipinski definition) is 16. The summed E-state index contributed by atoms with van der Waals surface area (Å²) in [5.74, 6) is -13.7. The van der Waals surface area contributed by atoms with Gasteiger partial charge in [0, 0.05) is 19.3 Å². The van der Waals surface area contributed by atoms with Gasteiger partial charge < -0.3 is 84.2 Å². The molecule has 0 aliphatic carbocycles. The average Bonchev–Trinajstić information content (AvgIpc) is 3.41. The van der Waals surface area contributed by atoms with Crippen LogP contribution in [0.1, 0.15) is 77.3 Å². The van der Waals surface area contributed by atoms with Crippen LogP contribution in [0.4, 0.5) is 0 Å². The Morgan fingerprint density at radius 2 is 1.02 bits per heavy atom. The Morgan fingerprint density at radius 3 is 1.54 bits per heavy atom. The first-order valence-corrected chi connectivity index (χ1v) is 26.8. The van der Waals surface area contributed by atoms with Crippen molar-refractivity contribution >= 4 is 82.8 Å². The Kier molecular flexibility index (Phi) is 29.7. The highest BCUT2D eigenvalue weighted by molar-refractivity contribution is 7.98. The smallest absolute Gasteiger partial charge is 0.326 e. The van der Waals surface area contributed by atoms with Gasteiger partial charge in [-0.15, -0.1) is 0 Å². The monoisotopic (exact) mass is 1150 g/mol. The average molecular weight is 1150 g/mol. The lowest BCUT2D eigenvalue weighted by molar-refractivity contribution is -0.143. The molecule has 0 aliphatic heterocycles. The molecule has 0 saturated heterocycles. The van der Waals surface area contributed by atoms with Gasteiger partial charge in [0.15, 0.2) is 0 Å². The summed E-state index contributed by atoms with van der Waals surface area (Å²) in [6.45, 7) is 3.89. The van der Waals surface area contributed by atoms with Crippen LogP contribution in [0.2, 0.25) is 0 Å². The Hall–Kier alpha value is -7.89. The summed E-state index contributed by atoms with van der Waals surface area (Å²) < 4.78 is 0. The number of aliphatic hydroxyl groups is 2. The predicted molar refractivity (Wildman–Crippen MR) is 287 cm³/mol. The molecule has 80 heavy (non-hydrogen) atoms. The summed E-state index contributed by atoms with van der Waals surface area (Å²) in [7, 11) is 0. The van der Waals surface area contributed by atoms with Crippen molar-refractivity contribution in [2.24, 2.45) is 11.7 Å². The lowest BCUT2D eigenvalue weighted by Gasteiger charge is -2.30. The highest BCUT2D eigenvalue weighted by Gasteiger charge is 2.37. The second kappa shape index (κ2) is 34.9. The van der Waals surface area contributed by atoms with E-state index in [2.05, 4.69) is 47.9 Å². The van der Waals surface area contributed by atoms with Gasteiger partial charge in [0.05, 0.1) is 25.3 Å². The minimum absolute atomic E-state index is 0.00692. The van der Waals surface area contributed by atoms with E-state index in [-0.39, 0.29) is 31.4 Å². The maximum Gasteiger partial charge on any atom is 0.326 e. The van der Waals surface area contributed by atoms with Crippen LogP contribution >= 0.6 is 11.8 Å². The van der Waals surface area contributed by atoms with Crippen molar-refractivity contribution < 1.29 is 88.2 Å². The number of hydrogen-bond acceptors (Lipinski definition) is 17. The maximum absolute atomic E-state index is 14.3. The fraction of sp³-hybridized carbons (Fsp3) is 0.529. The number of aliphatic hydroxyl groups excluding tert-OH is 2. The third-order valence-corrected chi connectivity index (χ3v) is 12.9. The molecule has 0 bridgehead atoms. The fourth-order valence-electron chi connectivity index (χ4n) is 7.43. The first-order valence-electron chi connectivity index (χ1n) is 25.4. The summed E-state index contributed by atoms with van der Waals surface area (Å²) in [6, 6.07) is 0.0298. The van der Waals surface area contributed by atoms with Gasteiger partial charge in [-0.1, -0.05) is 62.7 Å². The number of carboxylic acids is 3. The van der Waals surface area contributed by atoms with Crippen LogP contribution in [0.5, 0.6) is 5.75 Å². The van der Waals surface area contributed by atoms with E-state index in [0.29, 0.717) is 16.9 Å². The third kappa shape index (κ3) is 24.4. The quantitative estimate of drug-likeness (QED) is 0.0315. The maximum atomic E-state index is 14.3. The summed E-state index contributed by atoms with van der Waals surface area (Å²) in [6.07, 6.45) is -2.51. The molecule has 0 aliphatic rings. The number of aromatic hydroxyl groups is 1. The third-order valence-electron chi connectivity index (χ3n) is 12.3. The van der Waals surface area contributed by atoms with Gasteiger partial charge >= 0.3 is 17.9 Å². The number of carbonyl (C=O) groups excluding carboxylic acids is 9. The van der Waals surface area contributed by atoms with Gasteiger partial charge in [-0.3, -0.25) is 52.7 Å². The largest absolute Gasteiger partial charge is 0.508 e. The molecule has 0 radical (unpaired) electrons. The van der Waals surface area contributed by atoms with E-state index >= 15 is 0 Å². The number of carbonyl (C=O) groups is 12. The van der Waals surface area contributed by atoms with E-state index in [0.717, 1.165) is 6.92 Å². The Bertz CT molecular complexity index is 2450. The highest BCUT2D eigenvalue weighted by Crippen LogP contribution is 2.14. The number of phenolic OH excluding ortho intramolecular Hbond substituents is 1. The van der Waals surface area contributed by atoms with Crippen molar-refractivity contribution in [2.75, 3.05) is 25.2 Å². The zero-order valence-corrected chi connectivity index (χ0v) is 45.7. The van der Waals surface area contributed by atoms with Gasteiger partial charge in [-0.25, -0.2) is 4.79 Å². The van der Waals surface area contributed by atoms with E-state index in [1.54, 1.807) is 62.6 Å². The molecular formula is C51H74N10O18S. The van der Waals surface area contributed by atoms with Crippen LogP contribution in [0.3, 0.4) is 0 Å². The lowest BCUT2D eigenvalue weighted by Crippen LogP contribution is -2.62. The van der Waals surface area contributed by atoms with Crippen LogP contribution in [0, 0.1) is 5.92 Å².